The molecule has 156 valence electrons. The van der Waals surface area contributed by atoms with Crippen molar-refractivity contribution < 1.29 is 9.47 Å². The fourth-order valence-corrected chi connectivity index (χ4v) is 3.42. The second-order valence-corrected chi connectivity index (χ2v) is 7.05. The Bertz CT molecular complexity index is 1130. The highest BCUT2D eigenvalue weighted by Crippen LogP contribution is 2.25. The quantitative estimate of drug-likeness (QED) is 0.597. The van der Waals surface area contributed by atoms with E-state index in [9.17, 15) is 9.59 Å². The molecule has 1 aromatic carbocycles. The number of aromatic nitrogens is 4. The van der Waals surface area contributed by atoms with Crippen molar-refractivity contribution in [2.45, 2.75) is 25.9 Å². The number of hydrogen-bond donors (Lipinski definition) is 1. The van der Waals surface area contributed by atoms with E-state index in [-0.39, 0.29) is 17.3 Å². The molecule has 1 N–H and O–H groups in total. The number of rotatable bonds is 8. The zero-order chi connectivity index (χ0) is 21.1. The molecule has 0 amide bonds. The van der Waals surface area contributed by atoms with Gasteiger partial charge in [0.15, 0.2) is 11.2 Å². The number of fused-ring (bicyclic) bond motifs is 1. The summed E-state index contributed by atoms with van der Waals surface area (Å²) in [6, 6.07) is 5.99. The highest BCUT2D eigenvalue weighted by molar-refractivity contribution is 5.69. The molecule has 0 saturated carbocycles. The van der Waals surface area contributed by atoms with Gasteiger partial charge in [-0.15, -0.1) is 0 Å². The third-order valence-corrected chi connectivity index (χ3v) is 5.08. The molecule has 0 bridgehead atoms. The predicted octanol–water partition coefficient (Wildman–Crippen LogP) is 0.672. The maximum absolute atomic E-state index is 12.5. The number of nitrogens with zero attached hydrogens (tertiary/aromatic N) is 4. The summed E-state index contributed by atoms with van der Waals surface area (Å²) in [6.45, 7) is 3.31. The van der Waals surface area contributed by atoms with Gasteiger partial charge in [-0.05, 0) is 25.0 Å². The van der Waals surface area contributed by atoms with Gasteiger partial charge >= 0.3 is 5.69 Å². The maximum Gasteiger partial charge on any atom is 0.332 e. The summed E-state index contributed by atoms with van der Waals surface area (Å²) in [6.07, 6.45) is 2.39. The molecule has 9 heteroatoms. The number of aryl methyl sites for hydroxylation is 1. The molecule has 0 aliphatic heterocycles. The molecule has 0 aliphatic carbocycles. The molecular weight excluding hydrogens is 374 g/mol. The SMILES string of the molecule is COc1ccc(CC(C)NCCn2cnc3c2c(=O)n(C)c(=O)n3C)c(OC)c1. The van der Waals surface area contributed by atoms with Crippen molar-refractivity contribution in [1.29, 1.82) is 0 Å². The van der Waals surface area contributed by atoms with Crippen LogP contribution in [0, 0.1) is 0 Å². The Morgan fingerprint density at radius 2 is 1.90 bits per heavy atom. The van der Waals surface area contributed by atoms with E-state index in [2.05, 4.69) is 17.2 Å². The van der Waals surface area contributed by atoms with E-state index >= 15 is 0 Å². The topological polar surface area (TPSA) is 92.3 Å². The molecule has 3 aromatic rings. The Kier molecular flexibility index (Phi) is 6.07. The summed E-state index contributed by atoms with van der Waals surface area (Å²) in [5, 5.41) is 3.46. The fourth-order valence-electron chi connectivity index (χ4n) is 3.42. The van der Waals surface area contributed by atoms with Crippen LogP contribution in [-0.4, -0.2) is 45.5 Å². The molecule has 1 unspecified atom stereocenters. The van der Waals surface area contributed by atoms with Crippen LogP contribution < -0.4 is 26.0 Å². The lowest BCUT2D eigenvalue weighted by Crippen LogP contribution is -2.38. The van der Waals surface area contributed by atoms with Gasteiger partial charge in [-0.25, -0.2) is 9.78 Å². The first-order valence-electron chi connectivity index (χ1n) is 9.42. The third-order valence-electron chi connectivity index (χ3n) is 5.08. The molecule has 0 aliphatic rings. The number of methoxy groups -OCH3 is 2. The number of imidazole rings is 1. The summed E-state index contributed by atoms with van der Waals surface area (Å²) in [5.74, 6) is 1.55. The number of ether oxygens (including phenoxy) is 2. The largest absolute Gasteiger partial charge is 0.497 e. The zero-order valence-corrected chi connectivity index (χ0v) is 17.4. The molecule has 1 atom stereocenters. The first-order chi connectivity index (χ1) is 13.9. The van der Waals surface area contributed by atoms with E-state index in [4.69, 9.17) is 9.47 Å². The van der Waals surface area contributed by atoms with Crippen LogP contribution >= 0.6 is 0 Å². The molecular formula is C20H27N5O4. The van der Waals surface area contributed by atoms with Crippen LogP contribution in [0.4, 0.5) is 0 Å². The van der Waals surface area contributed by atoms with Gasteiger partial charge in [-0.3, -0.25) is 13.9 Å². The van der Waals surface area contributed by atoms with Crippen LogP contribution in [0.5, 0.6) is 11.5 Å². The molecule has 0 fully saturated rings. The van der Waals surface area contributed by atoms with Crippen molar-refractivity contribution in [1.82, 2.24) is 24.0 Å². The van der Waals surface area contributed by atoms with Crippen LogP contribution in [0.15, 0.2) is 34.1 Å². The summed E-state index contributed by atoms with van der Waals surface area (Å²) in [5.41, 5.74) is 1.20. The average Bonchev–Trinajstić information content (AvgIpc) is 3.15. The first-order valence-corrected chi connectivity index (χ1v) is 9.42. The van der Waals surface area contributed by atoms with Crippen molar-refractivity contribution >= 4 is 11.2 Å². The Morgan fingerprint density at radius 3 is 2.59 bits per heavy atom. The van der Waals surface area contributed by atoms with Crippen molar-refractivity contribution in [3.8, 4) is 11.5 Å². The Balaban J connectivity index is 1.68. The Hall–Kier alpha value is -3.07. The molecule has 9 nitrogen and oxygen atoms in total. The number of hydrogen-bond acceptors (Lipinski definition) is 6. The maximum atomic E-state index is 12.5. The second-order valence-electron chi connectivity index (χ2n) is 7.05. The molecule has 0 radical (unpaired) electrons. The van der Waals surface area contributed by atoms with Crippen LogP contribution in [0.3, 0.4) is 0 Å². The van der Waals surface area contributed by atoms with E-state index < -0.39 is 0 Å². The lowest BCUT2D eigenvalue weighted by molar-refractivity contribution is 0.388. The normalized spacial score (nSPS) is 12.3. The van der Waals surface area contributed by atoms with Gasteiger partial charge in [0.25, 0.3) is 5.56 Å². The van der Waals surface area contributed by atoms with Gasteiger partial charge < -0.3 is 19.4 Å². The van der Waals surface area contributed by atoms with E-state index in [1.165, 1.54) is 11.6 Å². The predicted molar refractivity (Wildman–Crippen MR) is 111 cm³/mol. The van der Waals surface area contributed by atoms with Gasteiger partial charge in [0.05, 0.1) is 20.5 Å². The second kappa shape index (κ2) is 8.52. The van der Waals surface area contributed by atoms with E-state index in [1.807, 2.05) is 18.2 Å². The lowest BCUT2D eigenvalue weighted by Gasteiger charge is -2.17. The summed E-state index contributed by atoms with van der Waals surface area (Å²) >= 11 is 0. The molecule has 2 aromatic heterocycles. The monoisotopic (exact) mass is 401 g/mol. The minimum atomic E-state index is -0.382. The van der Waals surface area contributed by atoms with Gasteiger partial charge in [0.2, 0.25) is 0 Å². The summed E-state index contributed by atoms with van der Waals surface area (Å²) < 4.78 is 15.0. The molecule has 29 heavy (non-hydrogen) atoms. The van der Waals surface area contributed by atoms with Gasteiger partial charge in [-0.1, -0.05) is 6.07 Å². The standard InChI is InChI=1S/C20H27N5O4/c1-13(10-14-6-7-15(28-4)11-16(14)29-5)21-8-9-25-12-22-18-17(25)19(26)24(3)20(27)23(18)2/h6-7,11-13,21H,8-10H2,1-5H3. The van der Waals surface area contributed by atoms with Crippen molar-refractivity contribution in [3.05, 3.63) is 50.9 Å². The first kappa shape index (κ1) is 20.7. The molecule has 0 saturated heterocycles. The minimum Gasteiger partial charge on any atom is -0.497 e. The zero-order valence-electron chi connectivity index (χ0n) is 17.4. The Labute approximate surface area is 168 Å². The highest BCUT2D eigenvalue weighted by atomic mass is 16.5. The number of nitrogens with one attached hydrogen (secondary N) is 1. The van der Waals surface area contributed by atoms with Crippen LogP contribution in [0.25, 0.3) is 11.2 Å². The smallest absolute Gasteiger partial charge is 0.332 e. The van der Waals surface area contributed by atoms with Crippen molar-refractivity contribution in [2.75, 3.05) is 20.8 Å². The van der Waals surface area contributed by atoms with Gasteiger partial charge in [0.1, 0.15) is 11.5 Å². The van der Waals surface area contributed by atoms with E-state index in [0.29, 0.717) is 24.3 Å². The summed E-state index contributed by atoms with van der Waals surface area (Å²) in [4.78, 5) is 28.8. The number of benzene rings is 1. The molecule has 3 rings (SSSR count). The Morgan fingerprint density at radius 1 is 1.14 bits per heavy atom. The molecule has 0 spiro atoms. The van der Waals surface area contributed by atoms with Crippen LogP contribution in [0.2, 0.25) is 0 Å². The lowest BCUT2D eigenvalue weighted by atomic mass is 10.1. The van der Waals surface area contributed by atoms with Crippen LogP contribution in [-0.2, 0) is 27.1 Å². The fraction of sp³-hybridized carbons (Fsp3) is 0.450. The van der Waals surface area contributed by atoms with Crippen LogP contribution in [0.1, 0.15) is 12.5 Å². The third kappa shape index (κ3) is 4.04. The van der Waals surface area contributed by atoms with Gasteiger partial charge in [0, 0.05) is 39.3 Å². The minimum absolute atomic E-state index is 0.194. The van der Waals surface area contributed by atoms with E-state index in [1.54, 1.807) is 32.2 Å². The molecule has 2 heterocycles. The highest BCUT2D eigenvalue weighted by Gasteiger charge is 2.14. The van der Waals surface area contributed by atoms with E-state index in [0.717, 1.165) is 28.1 Å². The van der Waals surface area contributed by atoms with Crippen molar-refractivity contribution in [3.63, 3.8) is 0 Å². The van der Waals surface area contributed by atoms with Gasteiger partial charge in [-0.2, -0.15) is 0 Å². The van der Waals surface area contributed by atoms with Crippen molar-refractivity contribution in [2.24, 2.45) is 14.1 Å². The average molecular weight is 401 g/mol. The summed E-state index contributed by atoms with van der Waals surface area (Å²) in [7, 11) is 6.37.